The van der Waals surface area contributed by atoms with Gasteiger partial charge in [0.15, 0.2) is 0 Å². The smallest absolute Gasteiger partial charge is 0.206 e. The van der Waals surface area contributed by atoms with Gasteiger partial charge in [-0.05, 0) is 50.1 Å². The summed E-state index contributed by atoms with van der Waals surface area (Å²) in [6, 6.07) is 10.2. The van der Waals surface area contributed by atoms with Crippen molar-refractivity contribution in [1.82, 2.24) is 4.68 Å². The van der Waals surface area contributed by atoms with E-state index in [0.717, 1.165) is 27.5 Å². The van der Waals surface area contributed by atoms with E-state index < -0.39 is 0 Å². The van der Waals surface area contributed by atoms with Gasteiger partial charge in [-0.2, -0.15) is 5.10 Å². The van der Waals surface area contributed by atoms with Crippen LogP contribution in [0.15, 0.2) is 69.1 Å². The summed E-state index contributed by atoms with van der Waals surface area (Å²) < 4.78 is 7.34. The van der Waals surface area contributed by atoms with Crippen LogP contribution < -0.4 is 4.80 Å². The van der Waals surface area contributed by atoms with E-state index in [1.807, 2.05) is 23.7 Å². The second-order valence-corrected chi connectivity index (χ2v) is 6.64. The van der Waals surface area contributed by atoms with E-state index in [1.165, 1.54) is 11.1 Å². The van der Waals surface area contributed by atoms with Gasteiger partial charge in [0.1, 0.15) is 11.5 Å². The molecular weight excluding hydrogens is 330 g/mol. The van der Waals surface area contributed by atoms with Gasteiger partial charge >= 0.3 is 0 Å². The lowest BCUT2D eigenvalue weighted by molar-refractivity contribution is 0.556. The summed E-state index contributed by atoms with van der Waals surface area (Å²) in [5.41, 5.74) is 5.47. The molecule has 0 amide bonds. The molecule has 0 atom stereocenters. The van der Waals surface area contributed by atoms with Crippen molar-refractivity contribution in [3.05, 3.63) is 76.3 Å². The first kappa shape index (κ1) is 17.2. The Balaban J connectivity index is 2.16. The number of aromatic nitrogens is 1. The van der Waals surface area contributed by atoms with Gasteiger partial charge in [0, 0.05) is 10.9 Å². The summed E-state index contributed by atoms with van der Waals surface area (Å²) >= 11 is 1.57. The molecule has 5 heteroatoms. The SMILES string of the molecule is C=CCN=c1scc(-c2ccc(C)c(C)c2)n1N=C(C)c1ccco1. The topological polar surface area (TPSA) is 42.8 Å². The number of hydrogen-bond acceptors (Lipinski definition) is 4. The molecule has 0 aliphatic rings. The van der Waals surface area contributed by atoms with Gasteiger partial charge in [0.25, 0.3) is 0 Å². The van der Waals surface area contributed by atoms with E-state index in [2.05, 4.69) is 49.0 Å². The van der Waals surface area contributed by atoms with Crippen molar-refractivity contribution in [2.24, 2.45) is 10.1 Å². The van der Waals surface area contributed by atoms with Crippen molar-refractivity contribution in [2.45, 2.75) is 20.8 Å². The van der Waals surface area contributed by atoms with E-state index in [0.29, 0.717) is 6.54 Å². The van der Waals surface area contributed by atoms with Crippen LogP contribution in [-0.2, 0) is 0 Å². The maximum absolute atomic E-state index is 5.46. The van der Waals surface area contributed by atoms with Crippen molar-refractivity contribution in [3.63, 3.8) is 0 Å². The summed E-state index contributed by atoms with van der Waals surface area (Å²) in [7, 11) is 0. The molecule has 2 heterocycles. The number of thiazole rings is 1. The maximum atomic E-state index is 5.46. The fraction of sp³-hybridized carbons (Fsp3) is 0.200. The lowest BCUT2D eigenvalue weighted by atomic mass is 10.1. The molecule has 0 saturated heterocycles. The predicted molar refractivity (Wildman–Crippen MR) is 104 cm³/mol. The number of nitrogens with zero attached hydrogens (tertiary/aromatic N) is 3. The van der Waals surface area contributed by atoms with Crippen LogP contribution in [0.4, 0.5) is 0 Å². The van der Waals surface area contributed by atoms with E-state index in [-0.39, 0.29) is 0 Å². The standard InChI is InChI=1S/C20H21N3OS/c1-5-10-21-20-23(22-16(4)19-7-6-11-24-19)18(13-25-20)17-9-8-14(2)15(3)12-17/h5-9,11-13H,1,10H2,2-4H3. The highest BCUT2D eigenvalue weighted by Crippen LogP contribution is 2.23. The third kappa shape index (κ3) is 3.72. The highest BCUT2D eigenvalue weighted by Gasteiger charge is 2.10. The summed E-state index contributed by atoms with van der Waals surface area (Å²) in [6.07, 6.45) is 3.43. The Morgan fingerprint density at radius 3 is 2.80 bits per heavy atom. The van der Waals surface area contributed by atoms with Gasteiger partial charge in [-0.25, -0.2) is 4.68 Å². The third-order valence-corrected chi connectivity index (χ3v) is 4.83. The molecule has 25 heavy (non-hydrogen) atoms. The molecule has 128 valence electrons. The molecule has 0 saturated carbocycles. The minimum absolute atomic E-state index is 0.558. The van der Waals surface area contributed by atoms with Crippen LogP contribution in [0.25, 0.3) is 11.3 Å². The Morgan fingerprint density at radius 2 is 2.12 bits per heavy atom. The van der Waals surface area contributed by atoms with Crippen LogP contribution in [-0.4, -0.2) is 16.9 Å². The zero-order valence-electron chi connectivity index (χ0n) is 14.7. The molecule has 1 aromatic carbocycles. The molecule has 0 spiro atoms. The average Bonchev–Trinajstić information content (AvgIpc) is 3.26. The molecule has 0 radical (unpaired) electrons. The van der Waals surface area contributed by atoms with Crippen LogP contribution in [0.2, 0.25) is 0 Å². The number of rotatable bonds is 5. The molecule has 3 rings (SSSR count). The first-order valence-electron chi connectivity index (χ1n) is 8.09. The van der Waals surface area contributed by atoms with Crippen LogP contribution in [0.3, 0.4) is 0 Å². The molecule has 0 aliphatic carbocycles. The van der Waals surface area contributed by atoms with Crippen molar-refractivity contribution < 1.29 is 4.42 Å². The zero-order chi connectivity index (χ0) is 17.8. The van der Waals surface area contributed by atoms with Gasteiger partial charge in [-0.15, -0.1) is 17.9 Å². The monoisotopic (exact) mass is 351 g/mol. The number of benzene rings is 1. The largest absolute Gasteiger partial charge is 0.463 e. The molecule has 0 fully saturated rings. The number of furan rings is 1. The van der Waals surface area contributed by atoms with Gasteiger partial charge in [0.2, 0.25) is 4.80 Å². The van der Waals surface area contributed by atoms with Gasteiger partial charge in [-0.1, -0.05) is 18.2 Å². The summed E-state index contributed by atoms with van der Waals surface area (Å²) in [6.45, 7) is 10.5. The van der Waals surface area contributed by atoms with Crippen molar-refractivity contribution in [2.75, 3.05) is 6.54 Å². The van der Waals surface area contributed by atoms with Crippen molar-refractivity contribution in [3.8, 4) is 11.3 Å². The second-order valence-electron chi connectivity index (χ2n) is 5.81. The quantitative estimate of drug-likeness (QED) is 0.481. The Bertz CT molecular complexity index is 975. The molecule has 0 aliphatic heterocycles. The lowest BCUT2D eigenvalue weighted by Crippen LogP contribution is -2.14. The Hall–Kier alpha value is -2.66. The van der Waals surface area contributed by atoms with Crippen molar-refractivity contribution >= 4 is 17.0 Å². The molecule has 3 aromatic rings. The Morgan fingerprint density at radius 1 is 1.28 bits per heavy atom. The zero-order valence-corrected chi connectivity index (χ0v) is 15.5. The van der Waals surface area contributed by atoms with E-state index in [1.54, 1.807) is 23.7 Å². The highest BCUT2D eigenvalue weighted by atomic mass is 32.1. The van der Waals surface area contributed by atoms with Crippen LogP contribution in [0.1, 0.15) is 23.8 Å². The fourth-order valence-corrected chi connectivity index (χ4v) is 3.27. The first-order valence-corrected chi connectivity index (χ1v) is 8.97. The van der Waals surface area contributed by atoms with Crippen molar-refractivity contribution in [1.29, 1.82) is 0 Å². The first-order chi connectivity index (χ1) is 12.1. The normalized spacial score (nSPS) is 12.6. The molecule has 0 bridgehead atoms. The number of hydrogen-bond donors (Lipinski definition) is 0. The van der Waals surface area contributed by atoms with Crippen LogP contribution >= 0.6 is 11.3 Å². The molecule has 2 aromatic heterocycles. The highest BCUT2D eigenvalue weighted by molar-refractivity contribution is 7.07. The third-order valence-electron chi connectivity index (χ3n) is 3.97. The summed E-state index contributed by atoms with van der Waals surface area (Å²) in [5.74, 6) is 0.749. The minimum Gasteiger partial charge on any atom is -0.463 e. The van der Waals surface area contributed by atoms with Gasteiger partial charge in [0.05, 0.1) is 18.5 Å². The van der Waals surface area contributed by atoms with E-state index >= 15 is 0 Å². The molecule has 4 nitrogen and oxygen atoms in total. The van der Waals surface area contributed by atoms with Gasteiger partial charge < -0.3 is 4.42 Å². The molecule has 0 N–H and O–H groups in total. The molecular formula is C20H21N3OS. The lowest BCUT2D eigenvalue weighted by Gasteiger charge is -2.07. The Kier molecular flexibility index (Phi) is 5.14. The van der Waals surface area contributed by atoms with Crippen LogP contribution in [0.5, 0.6) is 0 Å². The predicted octanol–water partition coefficient (Wildman–Crippen LogP) is 4.79. The Labute approximate surface area is 151 Å². The van der Waals surface area contributed by atoms with Crippen LogP contribution in [0, 0.1) is 13.8 Å². The second kappa shape index (κ2) is 7.49. The summed E-state index contributed by atoms with van der Waals surface area (Å²) in [5, 5.41) is 6.85. The fourth-order valence-electron chi connectivity index (χ4n) is 2.43. The average molecular weight is 351 g/mol. The van der Waals surface area contributed by atoms with E-state index in [4.69, 9.17) is 9.52 Å². The summed E-state index contributed by atoms with van der Waals surface area (Å²) in [4.78, 5) is 5.40. The molecule has 0 unspecified atom stereocenters. The van der Waals surface area contributed by atoms with E-state index in [9.17, 15) is 0 Å². The number of aryl methyl sites for hydroxylation is 2. The maximum Gasteiger partial charge on any atom is 0.206 e. The minimum atomic E-state index is 0.558. The van der Waals surface area contributed by atoms with Gasteiger partial charge in [-0.3, -0.25) is 4.99 Å².